The lowest BCUT2D eigenvalue weighted by Gasteiger charge is -2.11. The zero-order chi connectivity index (χ0) is 21.6. The van der Waals surface area contributed by atoms with Crippen LogP contribution in [-0.4, -0.2) is 51.2 Å². The van der Waals surface area contributed by atoms with Crippen LogP contribution in [0, 0.1) is 0 Å². The summed E-state index contributed by atoms with van der Waals surface area (Å²) in [6.45, 7) is -3.20. The maximum absolute atomic E-state index is 12.4. The van der Waals surface area contributed by atoms with E-state index in [9.17, 15) is 26.8 Å². The molecule has 2 amide bonds. The number of hydrogen-bond donors (Lipinski definition) is 2. The number of alkyl halides is 2. The lowest BCUT2D eigenvalue weighted by molar-refractivity contribution is -0.0529. The summed E-state index contributed by atoms with van der Waals surface area (Å²) in [6.07, 6.45) is 0. The molecule has 2 N–H and O–H groups in total. The summed E-state index contributed by atoms with van der Waals surface area (Å²) in [5, 5.41) is 1.95. The van der Waals surface area contributed by atoms with Crippen LogP contribution in [0.25, 0.3) is 0 Å². The smallest absolute Gasteiger partial charge is 0.388 e. The largest absolute Gasteiger partial charge is 0.481 e. The second kappa shape index (κ2) is 9.09. The number of amides is 2. The molecule has 0 saturated heterocycles. The third-order valence-corrected chi connectivity index (χ3v) is 4.52. The summed E-state index contributed by atoms with van der Waals surface area (Å²) in [4.78, 5) is 30.4. The highest BCUT2D eigenvalue weighted by Crippen LogP contribution is 2.20. The number of nitrogens with zero attached hydrogens (tertiary/aromatic N) is 2. The highest BCUT2D eigenvalue weighted by molar-refractivity contribution is 7.90. The number of hydrogen-bond acceptors (Lipinski definition) is 9. The van der Waals surface area contributed by atoms with Gasteiger partial charge >= 0.3 is 18.6 Å². The molecule has 0 atom stereocenters. The van der Waals surface area contributed by atoms with E-state index in [0.29, 0.717) is 0 Å². The second-order valence-electron chi connectivity index (χ2n) is 5.00. The van der Waals surface area contributed by atoms with E-state index in [2.05, 4.69) is 19.4 Å². The average molecular weight is 432 g/mol. The van der Waals surface area contributed by atoms with Crippen molar-refractivity contribution in [3.8, 4) is 11.8 Å². The Hall–Kier alpha value is -3.55. The number of urea groups is 1. The standard InChI is InChI=1S/C15H14F2N4O7S/c1-26-10-7-11(28-13(16)17)19-14(18-10)20-15(23)21-29(24,25)9-6-4-3-5-8(9)12(22)27-2/h3-7,13H,1-2H3,(H2,18,19,20,21,23). The zero-order valence-electron chi connectivity index (χ0n) is 14.9. The summed E-state index contributed by atoms with van der Waals surface area (Å²) in [6, 6.07) is 4.60. The topological polar surface area (TPSA) is 146 Å². The third-order valence-electron chi connectivity index (χ3n) is 3.13. The van der Waals surface area contributed by atoms with Crippen LogP contribution in [0.1, 0.15) is 10.4 Å². The Morgan fingerprint density at radius 1 is 1.10 bits per heavy atom. The summed E-state index contributed by atoms with van der Waals surface area (Å²) >= 11 is 0. The van der Waals surface area contributed by atoms with Gasteiger partial charge in [0.25, 0.3) is 10.0 Å². The quantitative estimate of drug-likeness (QED) is 0.620. The van der Waals surface area contributed by atoms with Gasteiger partial charge in [0.2, 0.25) is 17.7 Å². The number of nitrogens with one attached hydrogen (secondary N) is 2. The molecule has 1 heterocycles. The number of carbonyl (C=O) groups excluding carboxylic acids is 2. The molecule has 29 heavy (non-hydrogen) atoms. The van der Waals surface area contributed by atoms with Gasteiger partial charge in [0.05, 0.1) is 25.8 Å². The van der Waals surface area contributed by atoms with Crippen molar-refractivity contribution in [2.45, 2.75) is 11.5 Å². The molecular formula is C15H14F2N4O7S. The summed E-state index contributed by atoms with van der Waals surface area (Å²) < 4.78 is 64.6. The van der Waals surface area contributed by atoms with Gasteiger partial charge in [-0.3, -0.25) is 5.32 Å². The van der Waals surface area contributed by atoms with Crippen molar-refractivity contribution < 1.29 is 41.0 Å². The first-order valence-corrected chi connectivity index (χ1v) is 9.03. The molecule has 0 bridgehead atoms. The van der Waals surface area contributed by atoms with E-state index in [1.807, 2.05) is 5.32 Å². The van der Waals surface area contributed by atoms with Crippen molar-refractivity contribution in [1.29, 1.82) is 0 Å². The molecule has 11 nitrogen and oxygen atoms in total. The number of esters is 1. The predicted molar refractivity (Wildman–Crippen MR) is 92.3 cm³/mol. The van der Waals surface area contributed by atoms with Crippen LogP contribution in [0.15, 0.2) is 35.2 Å². The highest BCUT2D eigenvalue weighted by Gasteiger charge is 2.25. The maximum atomic E-state index is 12.4. The van der Waals surface area contributed by atoms with E-state index in [4.69, 9.17) is 4.74 Å². The minimum Gasteiger partial charge on any atom is -0.481 e. The second-order valence-corrected chi connectivity index (χ2v) is 6.65. The van der Waals surface area contributed by atoms with Crippen molar-refractivity contribution in [3.63, 3.8) is 0 Å². The number of ether oxygens (including phenoxy) is 3. The Kier molecular flexibility index (Phi) is 6.82. The number of anilines is 1. The number of rotatable bonds is 7. The Morgan fingerprint density at radius 2 is 1.76 bits per heavy atom. The molecule has 156 valence electrons. The van der Waals surface area contributed by atoms with Gasteiger partial charge < -0.3 is 14.2 Å². The predicted octanol–water partition coefficient (Wildman–Crippen LogP) is 1.38. The molecule has 14 heteroatoms. The molecule has 0 spiro atoms. The van der Waals surface area contributed by atoms with Crippen LogP contribution in [0.5, 0.6) is 11.8 Å². The van der Waals surface area contributed by atoms with Crippen molar-refractivity contribution in [2.24, 2.45) is 0 Å². The molecule has 0 aliphatic carbocycles. The Morgan fingerprint density at radius 3 is 2.38 bits per heavy atom. The summed E-state index contributed by atoms with van der Waals surface area (Å²) in [5.41, 5.74) is -0.305. The van der Waals surface area contributed by atoms with Gasteiger partial charge in [0.1, 0.15) is 4.90 Å². The first kappa shape index (κ1) is 21.7. The van der Waals surface area contributed by atoms with Crippen LogP contribution in [0.2, 0.25) is 0 Å². The monoisotopic (exact) mass is 432 g/mol. The minimum atomic E-state index is -4.51. The van der Waals surface area contributed by atoms with E-state index in [1.165, 1.54) is 25.3 Å². The molecule has 0 fully saturated rings. The van der Waals surface area contributed by atoms with Crippen LogP contribution in [-0.2, 0) is 14.8 Å². The number of sulfonamides is 1. The Labute approximate surface area is 163 Å². The van der Waals surface area contributed by atoms with Gasteiger partial charge in [0.15, 0.2) is 0 Å². The van der Waals surface area contributed by atoms with Gasteiger partial charge in [-0.1, -0.05) is 12.1 Å². The van der Waals surface area contributed by atoms with E-state index >= 15 is 0 Å². The molecular weight excluding hydrogens is 418 g/mol. The number of carbonyl (C=O) groups is 2. The van der Waals surface area contributed by atoms with E-state index in [1.54, 1.807) is 4.72 Å². The van der Waals surface area contributed by atoms with Crippen molar-refractivity contribution in [1.82, 2.24) is 14.7 Å². The average Bonchev–Trinajstić information content (AvgIpc) is 2.66. The molecule has 1 aromatic heterocycles. The molecule has 0 aliphatic heterocycles. The molecule has 0 aliphatic rings. The van der Waals surface area contributed by atoms with E-state index < -0.39 is 45.4 Å². The SMILES string of the molecule is COC(=O)c1ccccc1S(=O)(=O)NC(=O)Nc1nc(OC)cc(OC(F)F)n1. The van der Waals surface area contributed by atoms with Crippen LogP contribution >= 0.6 is 0 Å². The molecule has 2 rings (SSSR count). The molecule has 1 aromatic carbocycles. The molecule has 0 unspecified atom stereocenters. The summed E-state index contributed by atoms with van der Waals surface area (Å²) in [7, 11) is -2.28. The first-order chi connectivity index (χ1) is 13.7. The lowest BCUT2D eigenvalue weighted by atomic mass is 10.2. The normalized spacial score (nSPS) is 10.9. The fourth-order valence-corrected chi connectivity index (χ4v) is 3.10. The van der Waals surface area contributed by atoms with Gasteiger partial charge in [-0.25, -0.2) is 22.7 Å². The van der Waals surface area contributed by atoms with Crippen molar-refractivity contribution in [2.75, 3.05) is 19.5 Å². The van der Waals surface area contributed by atoms with Crippen molar-refractivity contribution >= 4 is 28.0 Å². The minimum absolute atomic E-state index is 0.232. The number of methoxy groups -OCH3 is 2. The molecule has 2 aromatic rings. The highest BCUT2D eigenvalue weighted by atomic mass is 32.2. The van der Waals surface area contributed by atoms with Crippen LogP contribution in [0.3, 0.4) is 0 Å². The van der Waals surface area contributed by atoms with Gasteiger partial charge in [-0.15, -0.1) is 0 Å². The fraction of sp³-hybridized carbons (Fsp3) is 0.200. The van der Waals surface area contributed by atoms with Crippen molar-refractivity contribution in [3.05, 3.63) is 35.9 Å². The fourth-order valence-electron chi connectivity index (χ4n) is 2.00. The molecule has 0 radical (unpaired) electrons. The number of benzene rings is 1. The van der Waals surface area contributed by atoms with E-state index in [0.717, 1.165) is 19.2 Å². The summed E-state index contributed by atoms with van der Waals surface area (Å²) in [5.74, 6) is -2.36. The Balaban J connectivity index is 2.24. The van der Waals surface area contributed by atoms with Gasteiger partial charge in [-0.2, -0.15) is 18.7 Å². The third kappa shape index (κ3) is 5.71. The van der Waals surface area contributed by atoms with Gasteiger partial charge in [0, 0.05) is 0 Å². The number of halogens is 2. The molecule has 0 saturated carbocycles. The maximum Gasteiger partial charge on any atom is 0.388 e. The lowest BCUT2D eigenvalue weighted by Crippen LogP contribution is -2.35. The first-order valence-electron chi connectivity index (χ1n) is 7.55. The van der Waals surface area contributed by atoms with E-state index in [-0.39, 0.29) is 11.4 Å². The van der Waals surface area contributed by atoms with Crippen LogP contribution in [0.4, 0.5) is 19.5 Å². The Bertz CT molecular complexity index is 1020. The van der Waals surface area contributed by atoms with Gasteiger partial charge in [-0.05, 0) is 12.1 Å². The van der Waals surface area contributed by atoms with Crippen LogP contribution < -0.4 is 19.5 Å². The zero-order valence-corrected chi connectivity index (χ0v) is 15.7. The number of aromatic nitrogens is 2.